The maximum absolute atomic E-state index is 13.1. The van der Waals surface area contributed by atoms with E-state index < -0.39 is 0 Å². The van der Waals surface area contributed by atoms with Crippen LogP contribution in [0.25, 0.3) is 0 Å². The van der Waals surface area contributed by atoms with Crippen LogP contribution in [-0.4, -0.2) is 67.6 Å². The molecule has 0 aliphatic carbocycles. The van der Waals surface area contributed by atoms with Gasteiger partial charge in [0.1, 0.15) is 0 Å². The highest BCUT2D eigenvalue weighted by Gasteiger charge is 2.21. The third-order valence-electron chi connectivity index (χ3n) is 6.51. The number of rotatable bonds is 5. The fourth-order valence-electron chi connectivity index (χ4n) is 4.54. The van der Waals surface area contributed by atoms with E-state index in [-0.39, 0.29) is 17.7 Å². The number of anilines is 2. The smallest absolute Gasteiger partial charge is 0.227 e. The van der Waals surface area contributed by atoms with E-state index >= 15 is 0 Å². The second-order valence-corrected chi connectivity index (χ2v) is 9.00. The fraction of sp³-hybridized carbons (Fsp3) is 0.500. The zero-order valence-electron chi connectivity index (χ0n) is 19.7. The zero-order valence-corrected chi connectivity index (χ0v) is 19.7. The van der Waals surface area contributed by atoms with E-state index in [0.717, 1.165) is 69.2 Å². The number of ether oxygens (including phenoxy) is 1. The summed E-state index contributed by atoms with van der Waals surface area (Å²) in [5.41, 5.74) is 3.08. The average molecular weight is 466 g/mol. The molecule has 2 amide bonds. The van der Waals surface area contributed by atoms with Crippen molar-refractivity contribution in [1.29, 1.82) is 0 Å². The molecular weight excluding hydrogens is 430 g/mol. The third kappa shape index (κ3) is 7.27. The first kappa shape index (κ1) is 24.2. The molecule has 2 saturated heterocycles. The minimum atomic E-state index is -0.141. The lowest BCUT2D eigenvalue weighted by Crippen LogP contribution is -2.36. The Hall–Kier alpha value is -2.97. The first-order valence-corrected chi connectivity index (χ1v) is 12.3. The molecule has 8 nitrogen and oxygen atoms in total. The SMILES string of the molecule is O=C1CCN(Cc2cccnc2)CCCC(C(=O)Nc2ccc(N3CCOCC3)cc2)CCN1. The Morgan fingerprint density at radius 2 is 1.91 bits per heavy atom. The first-order chi connectivity index (χ1) is 16.7. The fourth-order valence-corrected chi connectivity index (χ4v) is 4.54. The van der Waals surface area contributed by atoms with Gasteiger partial charge in [0.05, 0.1) is 13.2 Å². The Morgan fingerprint density at radius 1 is 1.09 bits per heavy atom. The highest BCUT2D eigenvalue weighted by molar-refractivity contribution is 5.92. The lowest BCUT2D eigenvalue weighted by molar-refractivity contribution is -0.122. The van der Waals surface area contributed by atoms with E-state index in [9.17, 15) is 9.59 Å². The summed E-state index contributed by atoms with van der Waals surface area (Å²) in [6.07, 6.45) is 6.44. The number of pyridine rings is 1. The molecule has 0 radical (unpaired) electrons. The minimum absolute atomic E-state index is 0.0198. The third-order valence-corrected chi connectivity index (χ3v) is 6.51. The zero-order chi connectivity index (χ0) is 23.6. The van der Waals surface area contributed by atoms with Crippen molar-refractivity contribution in [1.82, 2.24) is 15.2 Å². The van der Waals surface area contributed by atoms with Gasteiger partial charge in [-0.15, -0.1) is 0 Å². The number of carbonyl (C=O) groups excluding carboxylic acids is 2. The summed E-state index contributed by atoms with van der Waals surface area (Å²) in [4.78, 5) is 34.1. The van der Waals surface area contributed by atoms with Crippen LogP contribution in [0.1, 0.15) is 31.2 Å². The molecule has 2 aliphatic rings. The van der Waals surface area contributed by atoms with Crippen LogP contribution >= 0.6 is 0 Å². The van der Waals surface area contributed by atoms with Gasteiger partial charge in [-0.05, 0) is 61.7 Å². The molecule has 0 bridgehead atoms. The summed E-state index contributed by atoms with van der Waals surface area (Å²) < 4.78 is 5.42. The molecule has 2 aliphatic heterocycles. The van der Waals surface area contributed by atoms with Crippen molar-refractivity contribution >= 4 is 23.2 Å². The van der Waals surface area contributed by atoms with E-state index in [1.807, 2.05) is 24.4 Å². The Kier molecular flexibility index (Phi) is 8.87. The lowest BCUT2D eigenvalue weighted by atomic mass is 9.97. The Balaban J connectivity index is 1.33. The quantitative estimate of drug-likeness (QED) is 0.706. The van der Waals surface area contributed by atoms with E-state index in [0.29, 0.717) is 25.9 Å². The van der Waals surface area contributed by atoms with Crippen LogP contribution < -0.4 is 15.5 Å². The summed E-state index contributed by atoms with van der Waals surface area (Å²) in [5.74, 6) is -0.0834. The van der Waals surface area contributed by atoms with E-state index in [4.69, 9.17) is 4.74 Å². The Labute approximate surface area is 201 Å². The number of benzene rings is 1. The number of carbonyl (C=O) groups is 2. The van der Waals surface area contributed by atoms with Gasteiger partial charge in [-0.25, -0.2) is 0 Å². The minimum Gasteiger partial charge on any atom is -0.378 e. The number of hydrogen-bond donors (Lipinski definition) is 2. The largest absolute Gasteiger partial charge is 0.378 e. The number of hydrogen-bond acceptors (Lipinski definition) is 6. The molecule has 0 saturated carbocycles. The number of amides is 2. The summed E-state index contributed by atoms with van der Waals surface area (Å²) in [6.45, 7) is 6.09. The van der Waals surface area contributed by atoms with Gasteiger partial charge in [-0.1, -0.05) is 6.07 Å². The summed E-state index contributed by atoms with van der Waals surface area (Å²) >= 11 is 0. The van der Waals surface area contributed by atoms with Gasteiger partial charge >= 0.3 is 0 Å². The molecule has 2 fully saturated rings. The molecule has 0 spiro atoms. The molecule has 182 valence electrons. The predicted octanol–water partition coefficient (Wildman–Crippen LogP) is 2.67. The molecular formula is C26H35N5O3. The van der Waals surface area contributed by atoms with E-state index in [2.05, 4.69) is 43.6 Å². The monoisotopic (exact) mass is 465 g/mol. The second-order valence-electron chi connectivity index (χ2n) is 9.00. The molecule has 8 heteroatoms. The summed E-state index contributed by atoms with van der Waals surface area (Å²) in [7, 11) is 0. The molecule has 3 heterocycles. The number of nitrogens with zero attached hydrogens (tertiary/aromatic N) is 3. The van der Waals surface area contributed by atoms with Gasteiger partial charge in [0.25, 0.3) is 0 Å². The van der Waals surface area contributed by atoms with Gasteiger partial charge in [0, 0.05) is 68.8 Å². The van der Waals surface area contributed by atoms with Crippen molar-refractivity contribution in [3.05, 3.63) is 54.4 Å². The molecule has 2 aromatic rings. The van der Waals surface area contributed by atoms with Crippen molar-refractivity contribution in [2.24, 2.45) is 5.92 Å². The molecule has 1 unspecified atom stereocenters. The highest BCUT2D eigenvalue weighted by atomic mass is 16.5. The van der Waals surface area contributed by atoms with Gasteiger partial charge in [-0.3, -0.25) is 19.5 Å². The van der Waals surface area contributed by atoms with Gasteiger partial charge in [0.15, 0.2) is 0 Å². The Morgan fingerprint density at radius 3 is 2.68 bits per heavy atom. The van der Waals surface area contributed by atoms with Gasteiger partial charge in [0.2, 0.25) is 11.8 Å². The standard InChI is InChI=1S/C26H35N5O3/c32-25-10-14-30(20-21-3-1-11-27-19-21)13-2-4-22(9-12-28-25)26(33)29-23-5-7-24(8-6-23)31-15-17-34-18-16-31/h1,3,5-8,11,19,22H,2,4,9-10,12-18,20H2,(H,28,32)(H,29,33). The van der Waals surface area contributed by atoms with E-state index in [1.54, 1.807) is 6.20 Å². The summed E-state index contributed by atoms with van der Waals surface area (Å²) in [5, 5.41) is 6.07. The predicted molar refractivity (Wildman–Crippen MR) is 133 cm³/mol. The summed E-state index contributed by atoms with van der Waals surface area (Å²) in [6, 6.07) is 12.0. The van der Waals surface area contributed by atoms with Gasteiger partial charge in [-0.2, -0.15) is 0 Å². The van der Waals surface area contributed by atoms with Gasteiger partial charge < -0.3 is 20.3 Å². The molecule has 1 aromatic carbocycles. The number of nitrogens with one attached hydrogen (secondary N) is 2. The second kappa shape index (κ2) is 12.5. The molecule has 2 N–H and O–H groups in total. The van der Waals surface area contributed by atoms with Crippen LogP contribution in [-0.2, 0) is 20.9 Å². The molecule has 1 atom stereocenters. The normalized spacial score (nSPS) is 20.8. The van der Waals surface area contributed by atoms with Crippen molar-refractivity contribution in [3.63, 3.8) is 0 Å². The van der Waals surface area contributed by atoms with Crippen molar-refractivity contribution in [2.45, 2.75) is 32.2 Å². The van der Waals surface area contributed by atoms with Crippen LogP contribution in [0.2, 0.25) is 0 Å². The van der Waals surface area contributed by atoms with Crippen LogP contribution in [0.15, 0.2) is 48.8 Å². The highest BCUT2D eigenvalue weighted by Crippen LogP contribution is 2.21. The maximum atomic E-state index is 13.1. The van der Waals surface area contributed by atoms with Crippen LogP contribution in [0, 0.1) is 5.92 Å². The first-order valence-electron chi connectivity index (χ1n) is 12.3. The maximum Gasteiger partial charge on any atom is 0.227 e. The van der Waals surface area contributed by atoms with Crippen molar-refractivity contribution in [3.8, 4) is 0 Å². The number of morpholine rings is 1. The van der Waals surface area contributed by atoms with Crippen molar-refractivity contribution < 1.29 is 14.3 Å². The molecule has 34 heavy (non-hydrogen) atoms. The van der Waals surface area contributed by atoms with E-state index in [1.165, 1.54) is 0 Å². The molecule has 1 aromatic heterocycles. The van der Waals surface area contributed by atoms with Crippen LogP contribution in [0.4, 0.5) is 11.4 Å². The number of aromatic nitrogens is 1. The lowest BCUT2D eigenvalue weighted by Gasteiger charge is -2.29. The molecule has 4 rings (SSSR count). The van der Waals surface area contributed by atoms with Crippen LogP contribution in [0.3, 0.4) is 0 Å². The van der Waals surface area contributed by atoms with Crippen molar-refractivity contribution in [2.75, 3.05) is 56.2 Å². The Bertz CT molecular complexity index is 916. The topological polar surface area (TPSA) is 86.8 Å². The van der Waals surface area contributed by atoms with Crippen LogP contribution in [0.5, 0.6) is 0 Å². The average Bonchev–Trinajstić information content (AvgIpc) is 2.91.